The molecular formula is C22H21ClN4O. The summed E-state index contributed by atoms with van der Waals surface area (Å²) in [4.78, 5) is 20.9. The summed E-state index contributed by atoms with van der Waals surface area (Å²) in [6, 6.07) is 11.4. The highest BCUT2D eigenvalue weighted by molar-refractivity contribution is 6.30. The number of nitrogens with one attached hydrogen (secondary N) is 1. The second kappa shape index (κ2) is 6.60. The first-order chi connectivity index (χ1) is 13.3. The Labute approximate surface area is 168 Å². The molecule has 5 nitrogen and oxygen atoms in total. The van der Waals surface area contributed by atoms with Gasteiger partial charge in [0.1, 0.15) is 11.3 Å². The van der Waals surface area contributed by atoms with Crippen molar-refractivity contribution in [2.75, 3.05) is 0 Å². The highest BCUT2D eigenvalue weighted by Crippen LogP contribution is 2.32. The Morgan fingerprint density at radius 1 is 1.14 bits per heavy atom. The second-order valence-corrected chi connectivity index (χ2v) is 8.35. The standard InChI is InChI=1S/C22H21ClN4O/c1-22(2,3)18-11-17(27(4)26-18)20(28)16-12-25-21-19(16)15(9-10-24-21)13-5-7-14(23)8-6-13/h5-12H,1-4H3,(H,24,25). The zero-order valence-corrected chi connectivity index (χ0v) is 17.0. The fraction of sp³-hybridized carbons (Fsp3) is 0.227. The molecule has 0 bridgehead atoms. The Balaban J connectivity index is 1.87. The van der Waals surface area contributed by atoms with Gasteiger partial charge in [-0.3, -0.25) is 9.48 Å². The van der Waals surface area contributed by atoms with Crippen LogP contribution in [-0.2, 0) is 12.5 Å². The highest BCUT2D eigenvalue weighted by atomic mass is 35.5. The minimum atomic E-state index is -0.132. The van der Waals surface area contributed by atoms with Crippen molar-refractivity contribution in [1.29, 1.82) is 0 Å². The first-order valence-electron chi connectivity index (χ1n) is 9.07. The second-order valence-electron chi connectivity index (χ2n) is 7.91. The molecule has 3 heterocycles. The molecule has 0 fully saturated rings. The molecule has 1 N–H and O–H groups in total. The molecule has 1 aromatic carbocycles. The molecule has 4 rings (SSSR count). The summed E-state index contributed by atoms with van der Waals surface area (Å²) in [7, 11) is 1.80. The van der Waals surface area contributed by atoms with Crippen molar-refractivity contribution in [3.8, 4) is 11.1 Å². The average molecular weight is 393 g/mol. The lowest BCUT2D eigenvalue weighted by molar-refractivity contribution is 0.103. The number of aromatic amines is 1. The number of aromatic nitrogens is 4. The van der Waals surface area contributed by atoms with Gasteiger partial charge in [0, 0.05) is 35.3 Å². The van der Waals surface area contributed by atoms with Gasteiger partial charge in [-0.1, -0.05) is 44.5 Å². The van der Waals surface area contributed by atoms with Crippen LogP contribution in [0.3, 0.4) is 0 Å². The Morgan fingerprint density at radius 3 is 2.50 bits per heavy atom. The monoisotopic (exact) mass is 392 g/mol. The minimum Gasteiger partial charge on any atom is -0.345 e. The maximum atomic E-state index is 13.4. The number of H-pyrrole nitrogens is 1. The molecule has 0 spiro atoms. The fourth-order valence-electron chi connectivity index (χ4n) is 3.29. The predicted octanol–water partition coefficient (Wildman–Crippen LogP) is 5.15. The molecule has 0 atom stereocenters. The largest absolute Gasteiger partial charge is 0.345 e. The third-order valence-electron chi connectivity index (χ3n) is 4.85. The molecule has 0 unspecified atom stereocenters. The Morgan fingerprint density at radius 2 is 1.86 bits per heavy atom. The summed E-state index contributed by atoms with van der Waals surface area (Å²) < 4.78 is 1.65. The van der Waals surface area contributed by atoms with Crippen LogP contribution in [0.15, 0.2) is 48.8 Å². The van der Waals surface area contributed by atoms with Crippen LogP contribution in [0, 0.1) is 0 Å². The van der Waals surface area contributed by atoms with E-state index in [1.54, 1.807) is 24.1 Å². The van der Waals surface area contributed by atoms with E-state index in [0.29, 0.717) is 21.9 Å². The number of rotatable bonds is 3. The molecule has 0 saturated heterocycles. The van der Waals surface area contributed by atoms with E-state index >= 15 is 0 Å². The van der Waals surface area contributed by atoms with Gasteiger partial charge >= 0.3 is 0 Å². The maximum Gasteiger partial charge on any atom is 0.213 e. The first kappa shape index (κ1) is 18.4. The molecule has 4 aromatic rings. The van der Waals surface area contributed by atoms with Crippen LogP contribution in [0.2, 0.25) is 5.02 Å². The number of nitrogens with zero attached hydrogens (tertiary/aromatic N) is 3. The number of carbonyl (C=O) groups excluding carboxylic acids is 1. The van der Waals surface area contributed by atoms with Gasteiger partial charge in [0.25, 0.3) is 0 Å². The van der Waals surface area contributed by atoms with Crippen LogP contribution in [0.5, 0.6) is 0 Å². The van der Waals surface area contributed by atoms with E-state index in [4.69, 9.17) is 11.6 Å². The van der Waals surface area contributed by atoms with Crippen LogP contribution < -0.4 is 0 Å². The fourth-order valence-corrected chi connectivity index (χ4v) is 3.42. The van der Waals surface area contributed by atoms with Crippen LogP contribution in [0.25, 0.3) is 22.2 Å². The number of hydrogen-bond acceptors (Lipinski definition) is 3. The molecule has 142 valence electrons. The van der Waals surface area contributed by atoms with Crippen molar-refractivity contribution in [1.82, 2.24) is 19.7 Å². The smallest absolute Gasteiger partial charge is 0.213 e. The van der Waals surface area contributed by atoms with Gasteiger partial charge in [-0.05, 0) is 35.4 Å². The quantitative estimate of drug-likeness (QED) is 0.490. The van der Waals surface area contributed by atoms with Crippen LogP contribution in [0.4, 0.5) is 0 Å². The van der Waals surface area contributed by atoms with Crippen LogP contribution in [-0.4, -0.2) is 25.5 Å². The van der Waals surface area contributed by atoms with Crippen molar-refractivity contribution in [2.45, 2.75) is 26.2 Å². The topological polar surface area (TPSA) is 63.6 Å². The van der Waals surface area contributed by atoms with E-state index in [-0.39, 0.29) is 11.2 Å². The van der Waals surface area contributed by atoms with E-state index in [1.807, 2.05) is 36.4 Å². The number of fused-ring (bicyclic) bond motifs is 1. The van der Waals surface area contributed by atoms with Gasteiger partial charge in [-0.15, -0.1) is 0 Å². The first-order valence-corrected chi connectivity index (χ1v) is 9.45. The SMILES string of the molecule is Cn1nc(C(C)(C)C)cc1C(=O)c1c[nH]c2nccc(-c3ccc(Cl)cc3)c12. The van der Waals surface area contributed by atoms with Crippen molar-refractivity contribution in [2.24, 2.45) is 7.05 Å². The highest BCUT2D eigenvalue weighted by Gasteiger charge is 2.25. The predicted molar refractivity (Wildman–Crippen MR) is 112 cm³/mol. The van der Waals surface area contributed by atoms with E-state index in [9.17, 15) is 4.79 Å². The van der Waals surface area contributed by atoms with Gasteiger partial charge in [0.2, 0.25) is 5.78 Å². The van der Waals surface area contributed by atoms with Gasteiger partial charge in [0.15, 0.2) is 0 Å². The van der Waals surface area contributed by atoms with E-state index in [1.165, 1.54) is 0 Å². The van der Waals surface area contributed by atoms with Crippen molar-refractivity contribution < 1.29 is 4.79 Å². The van der Waals surface area contributed by atoms with Gasteiger partial charge in [0.05, 0.1) is 11.3 Å². The van der Waals surface area contributed by atoms with Gasteiger partial charge in [-0.2, -0.15) is 5.10 Å². The normalized spacial score (nSPS) is 11.9. The van der Waals surface area contributed by atoms with E-state index < -0.39 is 0 Å². The number of carbonyl (C=O) groups is 1. The van der Waals surface area contributed by atoms with Crippen molar-refractivity contribution >= 4 is 28.4 Å². The summed E-state index contributed by atoms with van der Waals surface area (Å²) in [5.74, 6) is -0.0834. The van der Waals surface area contributed by atoms with Crippen molar-refractivity contribution in [3.63, 3.8) is 0 Å². The maximum absolute atomic E-state index is 13.4. The van der Waals surface area contributed by atoms with E-state index in [2.05, 4.69) is 35.8 Å². The summed E-state index contributed by atoms with van der Waals surface area (Å²) in [5, 5.41) is 6.01. The summed E-state index contributed by atoms with van der Waals surface area (Å²) in [6.45, 7) is 6.24. The average Bonchev–Trinajstić information content (AvgIpc) is 3.25. The molecule has 0 aliphatic heterocycles. The third-order valence-corrected chi connectivity index (χ3v) is 5.11. The number of hydrogen-bond donors (Lipinski definition) is 1. The zero-order valence-electron chi connectivity index (χ0n) is 16.2. The number of ketones is 1. The summed E-state index contributed by atoms with van der Waals surface area (Å²) >= 11 is 6.03. The molecule has 6 heteroatoms. The molecule has 3 aromatic heterocycles. The van der Waals surface area contributed by atoms with Gasteiger partial charge in [-0.25, -0.2) is 4.98 Å². The number of pyridine rings is 1. The molecule has 0 aliphatic rings. The Hall–Kier alpha value is -2.92. The lowest BCUT2D eigenvalue weighted by atomic mass is 9.91. The minimum absolute atomic E-state index is 0.0834. The molecule has 0 amide bonds. The van der Waals surface area contributed by atoms with Crippen LogP contribution in [0.1, 0.15) is 42.5 Å². The van der Waals surface area contributed by atoms with Crippen molar-refractivity contribution in [3.05, 3.63) is 70.8 Å². The molecule has 0 saturated carbocycles. The molecule has 28 heavy (non-hydrogen) atoms. The van der Waals surface area contributed by atoms with Gasteiger partial charge < -0.3 is 4.98 Å². The van der Waals surface area contributed by atoms with Crippen LogP contribution >= 0.6 is 11.6 Å². The summed E-state index contributed by atoms with van der Waals surface area (Å²) in [5.41, 5.74) is 4.47. The Kier molecular flexibility index (Phi) is 4.35. The Bertz CT molecular complexity index is 1180. The summed E-state index contributed by atoms with van der Waals surface area (Å²) in [6.07, 6.45) is 3.46. The number of aryl methyl sites for hydroxylation is 1. The van der Waals surface area contributed by atoms with E-state index in [0.717, 1.165) is 22.2 Å². The molecular weight excluding hydrogens is 372 g/mol. The third kappa shape index (κ3) is 3.12. The lowest BCUT2D eigenvalue weighted by Crippen LogP contribution is -2.12. The number of halogens is 1. The zero-order chi connectivity index (χ0) is 20.1. The lowest BCUT2D eigenvalue weighted by Gasteiger charge is -2.13. The molecule has 0 radical (unpaired) electrons. The number of benzene rings is 1. The molecule has 0 aliphatic carbocycles.